The highest BCUT2D eigenvalue weighted by Gasteiger charge is 2.29. The molecule has 0 radical (unpaired) electrons. The maximum atomic E-state index is 12.6. The number of benzene rings is 1. The first-order valence-electron chi connectivity index (χ1n) is 8.61. The third-order valence-corrected chi connectivity index (χ3v) is 4.69. The summed E-state index contributed by atoms with van der Waals surface area (Å²) in [6.45, 7) is 3.29. The summed E-state index contributed by atoms with van der Waals surface area (Å²) >= 11 is 0. The molecule has 6 nitrogen and oxygen atoms in total. The molecule has 4 rings (SSSR count). The topological polar surface area (TPSA) is 66.8 Å². The number of aryl methyl sites for hydroxylation is 2. The van der Waals surface area contributed by atoms with Crippen LogP contribution in [0.5, 0.6) is 0 Å². The number of hydrogen-bond acceptors (Lipinski definition) is 3. The zero-order valence-corrected chi connectivity index (χ0v) is 14.2. The van der Waals surface area contributed by atoms with E-state index in [9.17, 15) is 4.79 Å². The fourth-order valence-electron chi connectivity index (χ4n) is 3.47. The van der Waals surface area contributed by atoms with Crippen LogP contribution >= 0.6 is 0 Å². The van der Waals surface area contributed by atoms with Gasteiger partial charge in [-0.1, -0.05) is 30.3 Å². The molecule has 3 heterocycles. The Balaban J connectivity index is 1.50. The first kappa shape index (κ1) is 15.6. The van der Waals surface area contributed by atoms with Crippen LogP contribution in [0.15, 0.2) is 48.7 Å². The van der Waals surface area contributed by atoms with E-state index < -0.39 is 0 Å². The normalized spacial score (nSPS) is 16.7. The Hall–Kier alpha value is -2.89. The summed E-state index contributed by atoms with van der Waals surface area (Å²) in [6.07, 6.45) is 3.56. The second-order valence-corrected chi connectivity index (χ2v) is 6.51. The molecule has 0 fully saturated rings. The van der Waals surface area contributed by atoms with E-state index >= 15 is 0 Å². The number of carbonyl (C=O) groups is 1. The molecule has 128 valence electrons. The predicted molar refractivity (Wildman–Crippen MR) is 94.1 cm³/mol. The molecule has 1 N–H and O–H groups in total. The number of carbonyl (C=O) groups excluding carboxylic acids is 1. The number of rotatable bonds is 4. The highest BCUT2D eigenvalue weighted by atomic mass is 16.2. The molecule has 0 bridgehead atoms. The number of amides is 1. The highest BCUT2D eigenvalue weighted by Crippen LogP contribution is 2.23. The van der Waals surface area contributed by atoms with Crippen LogP contribution in [0.3, 0.4) is 0 Å². The quantitative estimate of drug-likeness (QED) is 0.797. The van der Waals surface area contributed by atoms with Gasteiger partial charge in [-0.15, -0.1) is 10.2 Å². The summed E-state index contributed by atoms with van der Waals surface area (Å²) in [6, 6.07) is 14.2. The first-order chi connectivity index (χ1) is 12.2. The molecule has 1 atom stereocenters. The van der Waals surface area contributed by atoms with Gasteiger partial charge in [-0.3, -0.25) is 4.79 Å². The Kier molecular flexibility index (Phi) is 4.09. The lowest BCUT2D eigenvalue weighted by Crippen LogP contribution is -2.41. The van der Waals surface area contributed by atoms with Crippen molar-refractivity contribution in [2.75, 3.05) is 6.54 Å². The van der Waals surface area contributed by atoms with Crippen molar-refractivity contribution in [3.63, 3.8) is 0 Å². The van der Waals surface area contributed by atoms with Gasteiger partial charge in [0.2, 0.25) is 0 Å². The van der Waals surface area contributed by atoms with Crippen molar-refractivity contribution < 1.29 is 4.79 Å². The molecular formula is C19H21N5O. The van der Waals surface area contributed by atoms with Crippen LogP contribution in [0, 0.1) is 0 Å². The molecule has 3 aromatic rings. The lowest BCUT2D eigenvalue weighted by molar-refractivity contribution is 0.0674. The van der Waals surface area contributed by atoms with E-state index in [0.29, 0.717) is 18.8 Å². The summed E-state index contributed by atoms with van der Waals surface area (Å²) < 4.78 is 2.20. The number of nitrogens with zero attached hydrogens (tertiary/aromatic N) is 4. The van der Waals surface area contributed by atoms with E-state index in [4.69, 9.17) is 0 Å². The molecule has 0 saturated heterocycles. The van der Waals surface area contributed by atoms with Gasteiger partial charge in [-0.25, -0.2) is 0 Å². The predicted octanol–water partition coefficient (Wildman–Crippen LogP) is 2.61. The maximum absolute atomic E-state index is 12.6. The van der Waals surface area contributed by atoms with E-state index in [2.05, 4.69) is 50.9 Å². The van der Waals surface area contributed by atoms with E-state index in [1.165, 1.54) is 5.56 Å². The summed E-state index contributed by atoms with van der Waals surface area (Å²) in [5, 5.41) is 8.73. The minimum Gasteiger partial charge on any atom is -0.357 e. The van der Waals surface area contributed by atoms with Gasteiger partial charge in [0.05, 0.1) is 12.6 Å². The summed E-state index contributed by atoms with van der Waals surface area (Å²) in [7, 11) is 0. The SMILES string of the molecule is C[C@H]1CN(C(=O)c2ccc[nH]2)Cc2nnc(CCc3ccccc3)n21. The Labute approximate surface area is 146 Å². The van der Waals surface area contributed by atoms with Gasteiger partial charge >= 0.3 is 0 Å². The molecule has 1 aromatic carbocycles. The second-order valence-electron chi connectivity index (χ2n) is 6.51. The van der Waals surface area contributed by atoms with Crippen LogP contribution in [0.2, 0.25) is 0 Å². The Morgan fingerprint density at radius 2 is 2.00 bits per heavy atom. The molecule has 0 saturated carbocycles. The zero-order chi connectivity index (χ0) is 17.2. The largest absolute Gasteiger partial charge is 0.357 e. The number of aromatic amines is 1. The number of nitrogens with one attached hydrogen (secondary N) is 1. The fraction of sp³-hybridized carbons (Fsp3) is 0.316. The van der Waals surface area contributed by atoms with Crippen LogP contribution < -0.4 is 0 Å². The molecule has 0 aliphatic carbocycles. The summed E-state index contributed by atoms with van der Waals surface area (Å²) in [5.41, 5.74) is 1.91. The van der Waals surface area contributed by atoms with Crippen molar-refractivity contribution in [2.45, 2.75) is 32.4 Å². The third-order valence-electron chi connectivity index (χ3n) is 4.69. The Morgan fingerprint density at radius 3 is 2.76 bits per heavy atom. The lowest BCUT2D eigenvalue weighted by Gasteiger charge is -2.32. The van der Waals surface area contributed by atoms with E-state index in [1.807, 2.05) is 17.0 Å². The first-order valence-corrected chi connectivity index (χ1v) is 8.61. The van der Waals surface area contributed by atoms with Crippen molar-refractivity contribution >= 4 is 5.91 Å². The molecule has 1 aliphatic rings. The third kappa shape index (κ3) is 3.07. The molecule has 6 heteroatoms. The van der Waals surface area contributed by atoms with Crippen LogP contribution in [-0.2, 0) is 19.4 Å². The molecular weight excluding hydrogens is 314 g/mol. The smallest absolute Gasteiger partial charge is 0.270 e. The van der Waals surface area contributed by atoms with Crippen molar-refractivity contribution in [3.8, 4) is 0 Å². The average molecular weight is 335 g/mol. The molecule has 25 heavy (non-hydrogen) atoms. The monoisotopic (exact) mass is 335 g/mol. The van der Waals surface area contributed by atoms with Crippen molar-refractivity contribution in [1.29, 1.82) is 0 Å². The standard InChI is InChI=1S/C19H21N5O/c1-14-12-23(19(25)16-8-5-11-20-16)13-18-22-21-17(24(14)18)10-9-15-6-3-2-4-7-15/h2-8,11,14,20H,9-10,12-13H2,1H3/t14-/m0/s1. The molecule has 0 unspecified atom stereocenters. The van der Waals surface area contributed by atoms with E-state index in [-0.39, 0.29) is 11.9 Å². The summed E-state index contributed by atoms with van der Waals surface area (Å²) in [5.74, 6) is 1.87. The van der Waals surface area contributed by atoms with Crippen molar-refractivity contribution in [3.05, 3.63) is 71.6 Å². The van der Waals surface area contributed by atoms with Crippen molar-refractivity contribution in [1.82, 2.24) is 24.6 Å². The van der Waals surface area contributed by atoms with Gasteiger partial charge in [0, 0.05) is 19.2 Å². The van der Waals surface area contributed by atoms with Gasteiger partial charge in [-0.2, -0.15) is 0 Å². The van der Waals surface area contributed by atoms with Gasteiger partial charge in [0.15, 0.2) is 5.82 Å². The maximum Gasteiger partial charge on any atom is 0.270 e. The van der Waals surface area contributed by atoms with Crippen LogP contribution in [0.4, 0.5) is 0 Å². The zero-order valence-electron chi connectivity index (χ0n) is 14.2. The number of fused-ring (bicyclic) bond motifs is 1. The minimum absolute atomic E-state index is 0.0111. The fourth-order valence-corrected chi connectivity index (χ4v) is 3.47. The highest BCUT2D eigenvalue weighted by molar-refractivity contribution is 5.92. The van der Waals surface area contributed by atoms with Crippen LogP contribution in [0.25, 0.3) is 0 Å². The van der Waals surface area contributed by atoms with E-state index in [0.717, 1.165) is 24.5 Å². The lowest BCUT2D eigenvalue weighted by atomic mass is 10.1. The van der Waals surface area contributed by atoms with E-state index in [1.54, 1.807) is 12.3 Å². The summed E-state index contributed by atoms with van der Waals surface area (Å²) in [4.78, 5) is 17.4. The van der Waals surface area contributed by atoms with Crippen LogP contribution in [-0.4, -0.2) is 37.1 Å². The van der Waals surface area contributed by atoms with Crippen molar-refractivity contribution in [2.24, 2.45) is 0 Å². The van der Waals surface area contributed by atoms with Gasteiger partial charge < -0.3 is 14.5 Å². The molecule has 1 amide bonds. The van der Waals surface area contributed by atoms with Crippen LogP contribution in [0.1, 0.15) is 40.7 Å². The Bertz CT molecular complexity index is 853. The number of aromatic nitrogens is 4. The van der Waals surface area contributed by atoms with Gasteiger partial charge in [0.1, 0.15) is 11.5 Å². The number of hydrogen-bond donors (Lipinski definition) is 1. The van der Waals surface area contributed by atoms with Gasteiger partial charge in [-0.05, 0) is 31.0 Å². The second kappa shape index (κ2) is 6.55. The number of H-pyrrole nitrogens is 1. The average Bonchev–Trinajstić information content (AvgIpc) is 3.30. The molecule has 1 aliphatic heterocycles. The molecule has 2 aromatic heterocycles. The molecule has 0 spiro atoms. The minimum atomic E-state index is 0.0111. The Morgan fingerprint density at radius 1 is 1.16 bits per heavy atom. The van der Waals surface area contributed by atoms with Gasteiger partial charge in [0.25, 0.3) is 5.91 Å².